The highest BCUT2D eigenvalue weighted by Crippen LogP contribution is 2.12. The molecule has 7 nitrogen and oxygen atoms in total. The third kappa shape index (κ3) is 3.11. The van der Waals surface area contributed by atoms with Crippen LogP contribution in [0.2, 0.25) is 0 Å². The van der Waals surface area contributed by atoms with Crippen molar-refractivity contribution in [1.82, 2.24) is 9.97 Å². The Labute approximate surface area is 98.2 Å². The second-order valence-corrected chi connectivity index (χ2v) is 4.00. The second kappa shape index (κ2) is 5.07. The Kier molecular flexibility index (Phi) is 3.97. The molecule has 0 saturated heterocycles. The summed E-state index contributed by atoms with van der Waals surface area (Å²) >= 11 is 0. The van der Waals surface area contributed by atoms with E-state index in [1.165, 1.54) is 6.20 Å². The number of hydrogen-bond donors (Lipinski definition) is 4. The molecule has 0 aliphatic carbocycles. The summed E-state index contributed by atoms with van der Waals surface area (Å²) in [6.45, 7) is 2.54. The number of aliphatic hydroxyl groups is 2. The Morgan fingerprint density at radius 1 is 1.47 bits per heavy atom. The fraction of sp³-hybridized carbons (Fsp3) is 0.500. The molecule has 0 aliphatic rings. The Morgan fingerprint density at radius 2 is 2.06 bits per heavy atom. The Hall–Kier alpha value is -1.73. The van der Waals surface area contributed by atoms with Gasteiger partial charge in [-0.2, -0.15) is 0 Å². The van der Waals surface area contributed by atoms with E-state index in [0.717, 1.165) is 0 Å². The number of aryl methyl sites for hydroxylation is 1. The van der Waals surface area contributed by atoms with Crippen LogP contribution in [0.4, 0.5) is 5.95 Å². The first kappa shape index (κ1) is 13.3. The largest absolute Gasteiger partial charge is 0.478 e. The summed E-state index contributed by atoms with van der Waals surface area (Å²) in [5, 5.41) is 29.7. The van der Waals surface area contributed by atoms with Gasteiger partial charge >= 0.3 is 5.97 Å². The molecule has 0 aromatic carbocycles. The molecule has 94 valence electrons. The Balaban J connectivity index is 2.95. The third-order valence-corrected chi connectivity index (χ3v) is 2.32. The van der Waals surface area contributed by atoms with E-state index in [-0.39, 0.29) is 24.7 Å². The summed E-state index contributed by atoms with van der Waals surface area (Å²) < 4.78 is 0. The van der Waals surface area contributed by atoms with Crippen LogP contribution in [0.5, 0.6) is 0 Å². The van der Waals surface area contributed by atoms with Gasteiger partial charge in [0.25, 0.3) is 0 Å². The zero-order chi connectivity index (χ0) is 13.1. The van der Waals surface area contributed by atoms with Crippen LogP contribution >= 0.6 is 0 Å². The third-order valence-electron chi connectivity index (χ3n) is 2.32. The number of nitrogens with one attached hydrogen (secondary N) is 1. The number of carboxylic acid groups (broad SMARTS) is 1. The number of aliphatic hydroxyl groups excluding tert-OH is 2. The molecule has 1 aromatic rings. The number of carbonyl (C=O) groups is 1. The molecule has 1 rings (SSSR count). The summed E-state index contributed by atoms with van der Waals surface area (Å²) in [5.41, 5.74) is -0.615. The van der Waals surface area contributed by atoms with Gasteiger partial charge in [0.1, 0.15) is 0 Å². The maximum absolute atomic E-state index is 10.8. The first-order chi connectivity index (χ1) is 7.91. The van der Waals surface area contributed by atoms with Gasteiger partial charge in [-0.3, -0.25) is 0 Å². The number of carboxylic acids is 1. The summed E-state index contributed by atoms with van der Waals surface area (Å²) in [6.07, 6.45) is 1.18. The number of rotatable bonds is 5. The van der Waals surface area contributed by atoms with Crippen molar-refractivity contribution in [3.8, 4) is 0 Å². The zero-order valence-electron chi connectivity index (χ0n) is 9.64. The van der Waals surface area contributed by atoms with Crippen molar-refractivity contribution >= 4 is 11.9 Å². The van der Waals surface area contributed by atoms with E-state index in [1.54, 1.807) is 13.8 Å². The summed E-state index contributed by atoms with van der Waals surface area (Å²) in [4.78, 5) is 18.5. The van der Waals surface area contributed by atoms with Crippen LogP contribution in [-0.4, -0.2) is 50.0 Å². The molecule has 1 aromatic heterocycles. The molecule has 0 radical (unpaired) electrons. The van der Waals surface area contributed by atoms with Crippen molar-refractivity contribution in [1.29, 1.82) is 0 Å². The lowest BCUT2D eigenvalue weighted by atomic mass is 10.1. The lowest BCUT2D eigenvalue weighted by molar-refractivity contribution is 0.0695. The maximum Gasteiger partial charge on any atom is 0.339 e. The van der Waals surface area contributed by atoms with Gasteiger partial charge in [-0.05, 0) is 13.8 Å². The fourth-order valence-electron chi connectivity index (χ4n) is 1.14. The molecular formula is C10H15N3O4. The Morgan fingerprint density at radius 3 is 2.47 bits per heavy atom. The molecule has 0 aliphatic heterocycles. The zero-order valence-corrected chi connectivity index (χ0v) is 9.64. The smallest absolute Gasteiger partial charge is 0.339 e. The van der Waals surface area contributed by atoms with Crippen molar-refractivity contribution in [3.05, 3.63) is 17.5 Å². The van der Waals surface area contributed by atoms with E-state index in [2.05, 4.69) is 15.3 Å². The molecule has 0 fully saturated rings. The van der Waals surface area contributed by atoms with Crippen LogP contribution in [0.3, 0.4) is 0 Å². The number of hydrogen-bond acceptors (Lipinski definition) is 6. The van der Waals surface area contributed by atoms with Crippen LogP contribution in [0, 0.1) is 6.92 Å². The predicted molar refractivity (Wildman–Crippen MR) is 59.9 cm³/mol. The van der Waals surface area contributed by atoms with Crippen LogP contribution in [0.1, 0.15) is 23.0 Å². The highest BCUT2D eigenvalue weighted by atomic mass is 16.4. The van der Waals surface area contributed by atoms with E-state index in [4.69, 9.17) is 15.3 Å². The highest BCUT2D eigenvalue weighted by Gasteiger charge is 2.23. The van der Waals surface area contributed by atoms with Gasteiger partial charge in [0, 0.05) is 6.20 Å². The van der Waals surface area contributed by atoms with Crippen molar-refractivity contribution < 1.29 is 20.1 Å². The Bertz CT molecular complexity index is 418. The molecule has 0 unspecified atom stereocenters. The second-order valence-electron chi connectivity index (χ2n) is 4.00. The molecule has 0 spiro atoms. The fourth-order valence-corrected chi connectivity index (χ4v) is 1.14. The predicted octanol–water partition coefficient (Wildman–Crippen LogP) is -0.362. The topological polar surface area (TPSA) is 116 Å². The van der Waals surface area contributed by atoms with Crippen LogP contribution in [0.15, 0.2) is 6.20 Å². The monoisotopic (exact) mass is 241 g/mol. The molecule has 0 atom stereocenters. The van der Waals surface area contributed by atoms with Gasteiger partial charge < -0.3 is 20.6 Å². The molecular weight excluding hydrogens is 226 g/mol. The quantitative estimate of drug-likeness (QED) is 0.556. The molecule has 17 heavy (non-hydrogen) atoms. The molecule has 0 saturated carbocycles. The standard InChI is InChI=1S/C10H15N3O4/c1-6-7(8(16)17)3-11-9(12-6)13-10(2,4-14)5-15/h3,14-15H,4-5H2,1-2H3,(H,16,17)(H,11,12,13). The molecule has 1 heterocycles. The summed E-state index contributed by atoms with van der Waals surface area (Å²) in [5.74, 6) is -0.931. The minimum absolute atomic E-state index is 0.0188. The molecule has 7 heteroatoms. The average molecular weight is 241 g/mol. The van der Waals surface area contributed by atoms with Gasteiger partial charge in [0.15, 0.2) is 0 Å². The van der Waals surface area contributed by atoms with Crippen molar-refractivity contribution in [2.75, 3.05) is 18.5 Å². The maximum atomic E-state index is 10.8. The molecule has 0 bridgehead atoms. The van der Waals surface area contributed by atoms with Crippen molar-refractivity contribution in [2.45, 2.75) is 19.4 Å². The van der Waals surface area contributed by atoms with Gasteiger partial charge in [-0.15, -0.1) is 0 Å². The van der Waals surface area contributed by atoms with Crippen molar-refractivity contribution in [3.63, 3.8) is 0 Å². The van der Waals surface area contributed by atoms with E-state index < -0.39 is 11.5 Å². The molecule has 0 amide bonds. The number of aromatic nitrogens is 2. The average Bonchev–Trinajstić information content (AvgIpc) is 2.28. The first-order valence-corrected chi connectivity index (χ1v) is 4.98. The van der Waals surface area contributed by atoms with E-state index in [1.807, 2.05) is 0 Å². The highest BCUT2D eigenvalue weighted by molar-refractivity contribution is 5.88. The lowest BCUT2D eigenvalue weighted by Crippen LogP contribution is -2.43. The van der Waals surface area contributed by atoms with E-state index in [9.17, 15) is 4.79 Å². The number of aromatic carboxylic acids is 1. The number of nitrogens with zero attached hydrogens (tertiary/aromatic N) is 2. The van der Waals surface area contributed by atoms with Crippen LogP contribution < -0.4 is 5.32 Å². The van der Waals surface area contributed by atoms with Crippen LogP contribution in [0.25, 0.3) is 0 Å². The minimum Gasteiger partial charge on any atom is -0.478 e. The van der Waals surface area contributed by atoms with Crippen LogP contribution in [-0.2, 0) is 0 Å². The van der Waals surface area contributed by atoms with Gasteiger partial charge in [-0.25, -0.2) is 14.8 Å². The van der Waals surface area contributed by atoms with Gasteiger partial charge in [0.05, 0.1) is 30.0 Å². The minimum atomic E-state index is -1.10. The van der Waals surface area contributed by atoms with E-state index >= 15 is 0 Å². The first-order valence-electron chi connectivity index (χ1n) is 4.98. The summed E-state index contributed by atoms with van der Waals surface area (Å²) in [6, 6.07) is 0. The molecule has 4 N–H and O–H groups in total. The SMILES string of the molecule is Cc1nc(NC(C)(CO)CO)ncc1C(=O)O. The van der Waals surface area contributed by atoms with Gasteiger partial charge in [0.2, 0.25) is 5.95 Å². The van der Waals surface area contributed by atoms with Crippen molar-refractivity contribution in [2.24, 2.45) is 0 Å². The normalized spacial score (nSPS) is 11.3. The summed E-state index contributed by atoms with van der Waals surface area (Å²) in [7, 11) is 0. The lowest BCUT2D eigenvalue weighted by Gasteiger charge is -2.26. The van der Waals surface area contributed by atoms with Gasteiger partial charge in [-0.1, -0.05) is 0 Å². The van der Waals surface area contributed by atoms with E-state index in [0.29, 0.717) is 5.69 Å². The number of anilines is 1.